The van der Waals surface area contributed by atoms with Gasteiger partial charge in [0.05, 0.1) is 5.66 Å². The van der Waals surface area contributed by atoms with Crippen LogP contribution in [-0.4, -0.2) is 21.2 Å². The molecule has 3 aromatic rings. The van der Waals surface area contributed by atoms with E-state index >= 15 is 0 Å². The molecule has 3 rings (SSSR count). The Morgan fingerprint density at radius 3 is 2.00 bits per heavy atom. The molecule has 4 nitrogen and oxygen atoms in total. The van der Waals surface area contributed by atoms with Gasteiger partial charge in [-0.2, -0.15) is 0 Å². The number of rotatable bonds is 9. The van der Waals surface area contributed by atoms with Crippen LogP contribution in [0.4, 0.5) is 0 Å². The smallest absolute Gasteiger partial charge is 0.324 e. The number of carbonyl (C=O) groups is 1. The molecule has 0 aliphatic rings. The summed E-state index contributed by atoms with van der Waals surface area (Å²) >= 11 is 3.41. The lowest BCUT2D eigenvalue weighted by atomic mass is 9.99. The lowest BCUT2D eigenvalue weighted by Crippen LogP contribution is -2.15. The normalized spacial score (nSPS) is 12.5. The van der Waals surface area contributed by atoms with Crippen molar-refractivity contribution in [2.45, 2.75) is 31.3 Å². The highest BCUT2D eigenvalue weighted by Gasteiger charge is 2.30. The van der Waals surface area contributed by atoms with Crippen LogP contribution in [0, 0.1) is 0 Å². The highest BCUT2D eigenvalue weighted by molar-refractivity contribution is 9.10. The Morgan fingerprint density at radius 2 is 1.43 bits per heavy atom. The van der Waals surface area contributed by atoms with Crippen molar-refractivity contribution in [1.82, 2.24) is 0 Å². The molecule has 0 fully saturated rings. The number of hydrogen-bond acceptors (Lipinski definition) is 2. The van der Waals surface area contributed by atoms with Gasteiger partial charge in [-0.15, -0.1) is 0 Å². The van der Waals surface area contributed by atoms with Gasteiger partial charge in [-0.3, -0.25) is 9.36 Å². The summed E-state index contributed by atoms with van der Waals surface area (Å²) in [5, 5.41) is 0. The van der Waals surface area contributed by atoms with Crippen molar-refractivity contribution < 1.29 is 19.1 Å². The van der Waals surface area contributed by atoms with Crippen LogP contribution in [0.2, 0.25) is 0 Å². The van der Waals surface area contributed by atoms with E-state index in [9.17, 15) is 19.1 Å². The lowest BCUT2D eigenvalue weighted by molar-refractivity contribution is 0.0976. The quantitative estimate of drug-likeness (QED) is 0.276. The Morgan fingerprint density at radius 1 is 0.867 bits per heavy atom. The fraction of sp³-hybridized carbons (Fsp3) is 0.208. The zero-order chi connectivity index (χ0) is 21.6. The lowest BCUT2D eigenvalue weighted by Gasteiger charge is -2.18. The Hall–Kier alpha value is -2.04. The predicted octanol–water partition coefficient (Wildman–Crippen LogP) is 6.26. The minimum Gasteiger partial charge on any atom is -0.324 e. The van der Waals surface area contributed by atoms with E-state index in [0.29, 0.717) is 18.4 Å². The molecule has 0 spiro atoms. The van der Waals surface area contributed by atoms with Gasteiger partial charge in [-0.1, -0.05) is 82.7 Å². The van der Waals surface area contributed by atoms with Crippen LogP contribution in [0.25, 0.3) is 11.1 Å². The van der Waals surface area contributed by atoms with E-state index in [2.05, 4.69) is 15.9 Å². The van der Waals surface area contributed by atoms with Crippen LogP contribution < -0.4 is 0 Å². The van der Waals surface area contributed by atoms with Gasteiger partial charge in [0.1, 0.15) is 0 Å². The molecular weight excluding hydrogens is 463 g/mol. The van der Waals surface area contributed by atoms with Gasteiger partial charge >= 0.3 is 7.60 Å². The first-order valence-electron chi connectivity index (χ1n) is 9.81. The number of Topliss-reactive ketones (excluding diaryl/α,β-unsaturated/α-hetero) is 1. The number of benzene rings is 3. The Labute approximate surface area is 185 Å². The van der Waals surface area contributed by atoms with Gasteiger partial charge in [0.2, 0.25) is 0 Å². The summed E-state index contributed by atoms with van der Waals surface area (Å²) in [5.74, 6) is -0.245. The minimum atomic E-state index is -4.36. The van der Waals surface area contributed by atoms with Gasteiger partial charge in [0.15, 0.2) is 5.78 Å². The summed E-state index contributed by atoms with van der Waals surface area (Å²) in [6.07, 6.45) is 1.50. The molecule has 2 N–H and O–H groups in total. The van der Waals surface area contributed by atoms with Crippen molar-refractivity contribution in [2.24, 2.45) is 0 Å². The number of aryl methyl sites for hydroxylation is 1. The monoisotopic (exact) mass is 486 g/mol. The molecule has 0 aliphatic carbocycles. The second kappa shape index (κ2) is 10.3. The molecule has 0 heterocycles. The van der Waals surface area contributed by atoms with Crippen molar-refractivity contribution >= 4 is 29.3 Å². The first-order valence-corrected chi connectivity index (χ1v) is 12.3. The van der Waals surface area contributed by atoms with Crippen LogP contribution in [0.1, 0.15) is 35.2 Å². The Bertz CT molecular complexity index is 1010. The Balaban J connectivity index is 1.63. The summed E-state index contributed by atoms with van der Waals surface area (Å²) in [5.41, 5.74) is 2.65. The molecule has 0 radical (unpaired) electrons. The summed E-state index contributed by atoms with van der Waals surface area (Å²) in [4.78, 5) is 32.2. The third kappa shape index (κ3) is 6.48. The fourth-order valence-electron chi connectivity index (χ4n) is 3.40. The summed E-state index contributed by atoms with van der Waals surface area (Å²) in [7, 11) is -4.36. The molecule has 0 amide bonds. The average molecular weight is 487 g/mol. The van der Waals surface area contributed by atoms with E-state index in [0.717, 1.165) is 27.6 Å². The zero-order valence-electron chi connectivity index (χ0n) is 16.4. The van der Waals surface area contributed by atoms with Crippen molar-refractivity contribution in [3.05, 3.63) is 94.5 Å². The zero-order valence-corrected chi connectivity index (χ0v) is 18.9. The van der Waals surface area contributed by atoms with E-state index < -0.39 is 13.3 Å². The van der Waals surface area contributed by atoms with Crippen molar-refractivity contribution in [2.75, 3.05) is 0 Å². The highest BCUT2D eigenvalue weighted by atomic mass is 79.9. The van der Waals surface area contributed by atoms with Crippen LogP contribution in [-0.2, 0) is 11.0 Å². The predicted molar refractivity (Wildman–Crippen MR) is 124 cm³/mol. The number of ketones is 1. The van der Waals surface area contributed by atoms with E-state index in [1.165, 1.54) is 0 Å². The standard InChI is InChI=1S/C24H24BrO4P/c25-22-15-13-20(14-16-22)19-9-11-21(12-10-19)24(26)17-23(30(27,28)29)8-4-7-18-5-2-1-3-6-18/h1-3,5-6,9-16,23H,4,7-8,17H2,(H2,27,28,29). The third-order valence-corrected chi connectivity index (χ3v) is 7.05. The number of carbonyl (C=O) groups excluding carboxylic acids is 1. The average Bonchev–Trinajstić information content (AvgIpc) is 2.74. The second-order valence-electron chi connectivity index (χ2n) is 7.33. The highest BCUT2D eigenvalue weighted by Crippen LogP contribution is 2.45. The first-order chi connectivity index (χ1) is 14.3. The topological polar surface area (TPSA) is 74.6 Å². The third-order valence-electron chi connectivity index (χ3n) is 5.13. The molecule has 156 valence electrons. The van der Waals surface area contributed by atoms with E-state index in [1.54, 1.807) is 12.1 Å². The molecule has 0 saturated carbocycles. The van der Waals surface area contributed by atoms with Crippen LogP contribution in [0.15, 0.2) is 83.3 Å². The van der Waals surface area contributed by atoms with Crippen molar-refractivity contribution in [1.29, 1.82) is 0 Å². The molecule has 1 atom stereocenters. The Kier molecular flexibility index (Phi) is 7.79. The van der Waals surface area contributed by atoms with Gasteiger partial charge in [-0.25, -0.2) is 0 Å². The van der Waals surface area contributed by atoms with Crippen LogP contribution in [0.3, 0.4) is 0 Å². The molecule has 30 heavy (non-hydrogen) atoms. The maximum absolute atomic E-state index is 12.7. The number of halogens is 1. The van der Waals surface area contributed by atoms with Gasteiger partial charge in [0, 0.05) is 16.5 Å². The largest absolute Gasteiger partial charge is 0.329 e. The molecule has 0 aliphatic heterocycles. The molecule has 0 bridgehead atoms. The molecule has 0 aromatic heterocycles. The van der Waals surface area contributed by atoms with Crippen LogP contribution in [0.5, 0.6) is 0 Å². The van der Waals surface area contributed by atoms with Crippen molar-refractivity contribution in [3.63, 3.8) is 0 Å². The van der Waals surface area contributed by atoms with E-state index in [-0.39, 0.29) is 12.2 Å². The first kappa shape index (κ1) is 22.6. The molecular formula is C24H24BrO4P. The molecule has 0 saturated heterocycles. The second-order valence-corrected chi connectivity index (χ2v) is 10.2. The molecule has 1 unspecified atom stereocenters. The summed E-state index contributed by atoms with van der Waals surface area (Å²) < 4.78 is 12.9. The maximum atomic E-state index is 12.7. The van der Waals surface area contributed by atoms with Gasteiger partial charge in [-0.05, 0) is 48.1 Å². The van der Waals surface area contributed by atoms with Gasteiger partial charge < -0.3 is 9.79 Å². The minimum absolute atomic E-state index is 0.156. The SMILES string of the molecule is O=C(CC(CCCc1ccccc1)P(=O)(O)O)c1ccc(-c2ccc(Br)cc2)cc1. The maximum Gasteiger partial charge on any atom is 0.329 e. The molecule has 3 aromatic carbocycles. The summed E-state index contributed by atoms with van der Waals surface area (Å²) in [6, 6.07) is 24.8. The fourth-order valence-corrected chi connectivity index (χ4v) is 4.59. The summed E-state index contributed by atoms with van der Waals surface area (Å²) in [6.45, 7) is 0. The van der Waals surface area contributed by atoms with Crippen LogP contribution >= 0.6 is 23.5 Å². The van der Waals surface area contributed by atoms with E-state index in [4.69, 9.17) is 0 Å². The van der Waals surface area contributed by atoms with E-state index in [1.807, 2.05) is 66.7 Å². The number of hydrogen-bond donors (Lipinski definition) is 2. The molecule has 6 heteroatoms. The van der Waals surface area contributed by atoms with Crippen molar-refractivity contribution in [3.8, 4) is 11.1 Å². The van der Waals surface area contributed by atoms with Gasteiger partial charge in [0.25, 0.3) is 0 Å².